The second-order valence-corrected chi connectivity index (χ2v) is 7.79. The molecular weight excluding hydrogens is 304 g/mol. The Morgan fingerprint density at radius 3 is 2.58 bits per heavy atom. The summed E-state index contributed by atoms with van der Waals surface area (Å²) in [4.78, 5) is 28.8. The minimum absolute atomic E-state index is 0.0186. The van der Waals surface area contributed by atoms with Crippen LogP contribution >= 0.6 is 0 Å². The van der Waals surface area contributed by atoms with Gasteiger partial charge in [-0.1, -0.05) is 24.3 Å². The number of aliphatic carboxylic acids is 1. The third kappa shape index (κ3) is 2.61. The van der Waals surface area contributed by atoms with Crippen molar-refractivity contribution in [2.45, 2.75) is 38.3 Å². The largest absolute Gasteiger partial charge is 0.481 e. The van der Waals surface area contributed by atoms with E-state index in [2.05, 4.69) is 12.1 Å². The van der Waals surface area contributed by atoms with Crippen LogP contribution in [0, 0.1) is 11.3 Å². The highest BCUT2D eigenvalue weighted by Gasteiger charge is 2.55. The van der Waals surface area contributed by atoms with Crippen LogP contribution in [0.15, 0.2) is 24.3 Å². The SMILES string of the molecule is CN1CC2(CC2)CC(C(=O)O)C1C(=O)N1CCc2ccccc2C1. The Kier molecular flexibility index (Phi) is 3.64. The van der Waals surface area contributed by atoms with Crippen molar-refractivity contribution in [1.82, 2.24) is 9.80 Å². The molecule has 2 heterocycles. The Balaban J connectivity index is 1.55. The average molecular weight is 328 g/mol. The van der Waals surface area contributed by atoms with Crippen LogP contribution in [0.2, 0.25) is 0 Å². The van der Waals surface area contributed by atoms with Gasteiger partial charge in [0.25, 0.3) is 0 Å². The Hall–Kier alpha value is -1.88. The molecule has 2 atom stereocenters. The zero-order valence-corrected chi connectivity index (χ0v) is 14.1. The summed E-state index contributed by atoms with van der Waals surface area (Å²) >= 11 is 0. The molecule has 24 heavy (non-hydrogen) atoms. The molecule has 1 aromatic carbocycles. The standard InChI is InChI=1S/C19H24N2O3/c1-20-12-19(7-8-19)10-15(18(23)24)16(20)17(22)21-9-6-13-4-2-3-5-14(13)11-21/h2-5,15-16H,6-12H2,1H3,(H,23,24). The second kappa shape index (κ2) is 5.59. The van der Waals surface area contributed by atoms with Crippen molar-refractivity contribution >= 4 is 11.9 Å². The molecule has 4 rings (SSSR count). The molecule has 2 aliphatic heterocycles. The number of rotatable bonds is 2. The first-order valence-electron chi connectivity index (χ1n) is 8.78. The minimum atomic E-state index is -0.830. The molecule has 1 saturated heterocycles. The van der Waals surface area contributed by atoms with Crippen molar-refractivity contribution in [2.75, 3.05) is 20.1 Å². The molecule has 2 unspecified atom stereocenters. The molecular formula is C19H24N2O3. The summed E-state index contributed by atoms with van der Waals surface area (Å²) in [7, 11) is 1.91. The molecule has 128 valence electrons. The summed E-state index contributed by atoms with van der Waals surface area (Å²) in [6.07, 6.45) is 3.69. The lowest BCUT2D eigenvalue weighted by Crippen LogP contribution is -2.58. The van der Waals surface area contributed by atoms with E-state index in [1.54, 1.807) is 0 Å². The molecule has 2 fully saturated rings. The van der Waals surface area contributed by atoms with Crippen molar-refractivity contribution in [1.29, 1.82) is 0 Å². The fourth-order valence-electron chi connectivity index (χ4n) is 4.57. The molecule has 5 nitrogen and oxygen atoms in total. The fraction of sp³-hybridized carbons (Fsp3) is 0.579. The molecule has 1 saturated carbocycles. The molecule has 0 bridgehead atoms. The van der Waals surface area contributed by atoms with Gasteiger partial charge in [-0.25, -0.2) is 0 Å². The van der Waals surface area contributed by atoms with Gasteiger partial charge in [-0.15, -0.1) is 0 Å². The van der Waals surface area contributed by atoms with Gasteiger partial charge in [0.2, 0.25) is 5.91 Å². The molecule has 3 aliphatic rings. The molecule has 1 spiro atoms. The zero-order chi connectivity index (χ0) is 16.9. The summed E-state index contributed by atoms with van der Waals surface area (Å²) in [6, 6.07) is 7.67. The van der Waals surface area contributed by atoms with Crippen LogP contribution in [0.1, 0.15) is 30.4 Å². The van der Waals surface area contributed by atoms with Crippen LogP contribution in [-0.4, -0.2) is 53.0 Å². The highest BCUT2D eigenvalue weighted by atomic mass is 16.4. The predicted molar refractivity (Wildman–Crippen MR) is 89.4 cm³/mol. The Bertz CT molecular complexity index is 683. The van der Waals surface area contributed by atoms with Crippen molar-refractivity contribution in [2.24, 2.45) is 11.3 Å². The quantitative estimate of drug-likeness (QED) is 0.899. The number of likely N-dealkylation sites (N-methyl/N-ethyl adjacent to an activating group) is 1. The van der Waals surface area contributed by atoms with E-state index in [9.17, 15) is 14.7 Å². The fourth-order valence-corrected chi connectivity index (χ4v) is 4.57. The monoisotopic (exact) mass is 328 g/mol. The number of hydrogen-bond donors (Lipinski definition) is 1. The van der Waals surface area contributed by atoms with E-state index in [1.165, 1.54) is 11.1 Å². The third-order valence-corrected chi connectivity index (χ3v) is 6.06. The van der Waals surface area contributed by atoms with Crippen LogP contribution in [0.5, 0.6) is 0 Å². The van der Waals surface area contributed by atoms with Gasteiger partial charge in [-0.05, 0) is 49.3 Å². The third-order valence-electron chi connectivity index (χ3n) is 6.06. The lowest BCUT2D eigenvalue weighted by molar-refractivity contribution is -0.156. The van der Waals surface area contributed by atoms with Crippen molar-refractivity contribution in [3.63, 3.8) is 0 Å². The van der Waals surface area contributed by atoms with Crippen LogP contribution < -0.4 is 0 Å². The smallest absolute Gasteiger partial charge is 0.308 e. The molecule has 5 heteroatoms. The number of hydrogen-bond acceptors (Lipinski definition) is 3. The van der Waals surface area contributed by atoms with Gasteiger partial charge >= 0.3 is 5.97 Å². The van der Waals surface area contributed by atoms with Crippen molar-refractivity contribution in [3.05, 3.63) is 35.4 Å². The van der Waals surface area contributed by atoms with Crippen molar-refractivity contribution in [3.8, 4) is 0 Å². The van der Waals surface area contributed by atoms with Gasteiger partial charge in [0.05, 0.1) is 5.92 Å². The van der Waals surface area contributed by atoms with Gasteiger partial charge in [0, 0.05) is 19.6 Å². The van der Waals surface area contributed by atoms with Gasteiger partial charge in [-0.3, -0.25) is 14.5 Å². The number of nitrogens with zero attached hydrogens (tertiary/aromatic N) is 2. The van der Waals surface area contributed by atoms with Gasteiger partial charge in [0.1, 0.15) is 6.04 Å². The first kappa shape index (κ1) is 15.6. The molecule has 1 aliphatic carbocycles. The number of fused-ring (bicyclic) bond motifs is 1. The van der Waals surface area contributed by atoms with E-state index in [0.29, 0.717) is 19.5 Å². The maximum absolute atomic E-state index is 13.1. The zero-order valence-electron chi connectivity index (χ0n) is 14.1. The van der Waals surface area contributed by atoms with E-state index in [4.69, 9.17) is 0 Å². The lowest BCUT2D eigenvalue weighted by Gasteiger charge is -2.43. The maximum atomic E-state index is 13.1. The number of benzene rings is 1. The summed E-state index contributed by atoms with van der Waals surface area (Å²) in [5.74, 6) is -1.44. The Morgan fingerprint density at radius 1 is 1.21 bits per heavy atom. The van der Waals surface area contributed by atoms with E-state index in [-0.39, 0.29) is 11.3 Å². The molecule has 0 radical (unpaired) electrons. The van der Waals surface area contributed by atoms with Crippen LogP contribution in [0.25, 0.3) is 0 Å². The first-order chi connectivity index (χ1) is 11.5. The summed E-state index contributed by atoms with van der Waals surface area (Å²) in [5.41, 5.74) is 2.63. The number of carboxylic acid groups (broad SMARTS) is 1. The van der Waals surface area contributed by atoms with Gasteiger partial charge < -0.3 is 10.0 Å². The topological polar surface area (TPSA) is 60.9 Å². The highest BCUT2D eigenvalue weighted by molar-refractivity contribution is 5.88. The summed E-state index contributed by atoms with van der Waals surface area (Å²) in [5, 5.41) is 9.69. The summed E-state index contributed by atoms with van der Waals surface area (Å²) < 4.78 is 0. The predicted octanol–water partition coefficient (Wildman–Crippen LogP) is 1.76. The first-order valence-corrected chi connectivity index (χ1v) is 8.78. The second-order valence-electron chi connectivity index (χ2n) is 7.79. The van der Waals surface area contributed by atoms with Gasteiger partial charge in [-0.2, -0.15) is 0 Å². The Morgan fingerprint density at radius 2 is 1.92 bits per heavy atom. The lowest BCUT2D eigenvalue weighted by atomic mass is 9.80. The average Bonchev–Trinajstić information content (AvgIpc) is 3.31. The number of carboxylic acids is 1. The van der Waals surface area contributed by atoms with Crippen molar-refractivity contribution < 1.29 is 14.7 Å². The summed E-state index contributed by atoms with van der Waals surface area (Å²) in [6.45, 7) is 2.12. The number of carbonyl (C=O) groups excluding carboxylic acids is 1. The molecule has 1 amide bonds. The number of piperidine rings is 1. The normalized spacial score (nSPS) is 28.5. The number of amides is 1. The maximum Gasteiger partial charge on any atom is 0.308 e. The van der Waals surface area contributed by atoms with Crippen LogP contribution in [-0.2, 0) is 22.6 Å². The minimum Gasteiger partial charge on any atom is -0.481 e. The van der Waals surface area contributed by atoms with E-state index < -0.39 is 17.9 Å². The van der Waals surface area contributed by atoms with E-state index >= 15 is 0 Å². The molecule has 1 aromatic rings. The highest BCUT2D eigenvalue weighted by Crippen LogP contribution is 2.54. The number of likely N-dealkylation sites (tertiary alicyclic amines) is 1. The van der Waals surface area contributed by atoms with Gasteiger partial charge in [0.15, 0.2) is 0 Å². The van der Waals surface area contributed by atoms with Crippen LogP contribution in [0.3, 0.4) is 0 Å². The van der Waals surface area contributed by atoms with Crippen LogP contribution in [0.4, 0.5) is 0 Å². The van der Waals surface area contributed by atoms with E-state index in [0.717, 1.165) is 25.8 Å². The van der Waals surface area contributed by atoms with E-state index in [1.807, 2.05) is 29.0 Å². The molecule has 1 N–H and O–H groups in total. The number of carbonyl (C=O) groups is 2. The Labute approximate surface area is 142 Å². The molecule has 0 aromatic heterocycles.